The normalized spacial score (nSPS) is 19.6. The van der Waals surface area contributed by atoms with Gasteiger partial charge < -0.3 is 4.74 Å². The van der Waals surface area contributed by atoms with Crippen LogP contribution in [0.25, 0.3) is 0 Å². The number of allylic oxidation sites excluding steroid dienone is 2. The van der Waals surface area contributed by atoms with Crippen LogP contribution in [0, 0.1) is 5.92 Å². The van der Waals surface area contributed by atoms with Gasteiger partial charge in [-0.2, -0.15) is 0 Å². The van der Waals surface area contributed by atoms with Gasteiger partial charge in [0, 0.05) is 22.6 Å². The van der Waals surface area contributed by atoms with Crippen molar-refractivity contribution in [3.05, 3.63) is 81.6 Å². The highest BCUT2D eigenvalue weighted by Crippen LogP contribution is 2.42. The van der Waals surface area contributed by atoms with E-state index in [4.69, 9.17) is 16.3 Å². The van der Waals surface area contributed by atoms with E-state index in [1.54, 1.807) is 24.3 Å². The van der Waals surface area contributed by atoms with Gasteiger partial charge in [0.25, 0.3) is 0 Å². The molecule has 5 heteroatoms. The molecule has 0 saturated heterocycles. The zero-order valence-electron chi connectivity index (χ0n) is 21.8. The molecule has 0 radical (unpaired) electrons. The minimum Gasteiger partial charge on any atom is -0.422 e. The van der Waals surface area contributed by atoms with E-state index >= 15 is 0 Å². The fourth-order valence-corrected chi connectivity index (χ4v) is 5.81. The number of Topliss-reactive ketones (excluding diaryl/α,β-unsaturated/α-hetero) is 2. The summed E-state index contributed by atoms with van der Waals surface area (Å²) in [6.07, 6.45) is 11.3. The van der Waals surface area contributed by atoms with Gasteiger partial charge in [0.05, 0.1) is 5.57 Å². The van der Waals surface area contributed by atoms with Crippen LogP contribution in [-0.2, 0) is 9.53 Å². The smallest absolute Gasteiger partial charge is 0.311 e. The molecule has 0 atom stereocenters. The first-order valence-corrected chi connectivity index (χ1v) is 14.3. The topological polar surface area (TPSA) is 60.4 Å². The molecule has 2 aromatic carbocycles. The van der Waals surface area contributed by atoms with Gasteiger partial charge in [-0.3, -0.25) is 14.4 Å². The van der Waals surface area contributed by atoms with E-state index in [-0.39, 0.29) is 29.7 Å². The van der Waals surface area contributed by atoms with Crippen molar-refractivity contribution in [2.75, 3.05) is 0 Å². The second-order valence-electron chi connectivity index (χ2n) is 10.4. The molecule has 4 rings (SSSR count). The summed E-state index contributed by atoms with van der Waals surface area (Å²) in [5, 5.41) is 0.718. The van der Waals surface area contributed by atoms with E-state index in [1.807, 2.05) is 12.1 Å². The molecular formula is C32H37ClO4. The van der Waals surface area contributed by atoms with Crippen molar-refractivity contribution in [1.82, 2.24) is 0 Å². The maximum atomic E-state index is 13.6. The predicted octanol–water partition coefficient (Wildman–Crippen LogP) is 8.63. The van der Waals surface area contributed by atoms with Gasteiger partial charge in [-0.25, -0.2) is 0 Å². The molecule has 37 heavy (non-hydrogen) atoms. The second kappa shape index (κ2) is 13.2. The Labute approximate surface area is 225 Å². The van der Waals surface area contributed by atoms with Gasteiger partial charge in [0.1, 0.15) is 0 Å². The predicted molar refractivity (Wildman–Crippen MR) is 147 cm³/mol. The highest BCUT2D eigenvalue weighted by atomic mass is 35.5. The number of unbranched alkanes of at least 4 members (excludes halogenated alkanes) is 6. The van der Waals surface area contributed by atoms with Crippen LogP contribution in [0.2, 0.25) is 5.02 Å². The number of hydrogen-bond donors (Lipinski definition) is 0. The number of ether oxygens (including phenoxy) is 1. The van der Waals surface area contributed by atoms with Crippen LogP contribution >= 0.6 is 11.6 Å². The maximum Gasteiger partial charge on any atom is 0.311 e. The summed E-state index contributed by atoms with van der Waals surface area (Å²) in [5.41, 5.74) is 2.37. The van der Waals surface area contributed by atoms with Crippen LogP contribution < -0.4 is 0 Å². The Morgan fingerprint density at radius 3 is 2.00 bits per heavy atom. The lowest BCUT2D eigenvalue weighted by Gasteiger charge is -2.32. The number of fused-ring (bicyclic) bond motifs is 1. The Kier molecular flexibility index (Phi) is 9.74. The summed E-state index contributed by atoms with van der Waals surface area (Å²) in [5.74, 6) is -0.696. The van der Waals surface area contributed by atoms with Gasteiger partial charge >= 0.3 is 5.97 Å². The Morgan fingerprint density at radius 1 is 0.784 bits per heavy atom. The van der Waals surface area contributed by atoms with Crippen molar-refractivity contribution < 1.29 is 19.1 Å². The lowest BCUT2D eigenvalue weighted by Crippen LogP contribution is -2.30. The molecule has 196 valence electrons. The maximum absolute atomic E-state index is 13.6. The Balaban J connectivity index is 1.46. The highest BCUT2D eigenvalue weighted by molar-refractivity contribution is 6.30. The van der Waals surface area contributed by atoms with Gasteiger partial charge in [0.15, 0.2) is 11.5 Å². The molecule has 2 aromatic rings. The van der Waals surface area contributed by atoms with Crippen LogP contribution in [0.1, 0.15) is 116 Å². The zero-order valence-corrected chi connectivity index (χ0v) is 22.5. The van der Waals surface area contributed by atoms with Gasteiger partial charge in [-0.15, -0.1) is 0 Å². The second-order valence-corrected chi connectivity index (χ2v) is 10.8. The minimum absolute atomic E-state index is 0.0356. The van der Waals surface area contributed by atoms with E-state index in [9.17, 15) is 14.4 Å². The molecule has 0 aliphatic heterocycles. The fourth-order valence-electron chi connectivity index (χ4n) is 5.69. The molecule has 4 nitrogen and oxygen atoms in total. The molecule has 2 aliphatic carbocycles. The first kappa shape index (κ1) is 27.3. The van der Waals surface area contributed by atoms with Crippen molar-refractivity contribution in [2.24, 2.45) is 5.92 Å². The lowest BCUT2D eigenvalue weighted by atomic mass is 9.72. The van der Waals surface area contributed by atoms with Crippen LogP contribution in [0.3, 0.4) is 0 Å². The lowest BCUT2D eigenvalue weighted by molar-refractivity contribution is -0.139. The molecular weight excluding hydrogens is 484 g/mol. The van der Waals surface area contributed by atoms with Gasteiger partial charge in [-0.05, 0) is 61.6 Å². The van der Waals surface area contributed by atoms with Crippen LogP contribution in [0.4, 0.5) is 0 Å². The third kappa shape index (κ3) is 6.78. The molecule has 2 aliphatic rings. The first-order valence-electron chi connectivity index (χ1n) is 13.9. The molecule has 0 aromatic heterocycles. The van der Waals surface area contributed by atoms with Gasteiger partial charge in [-0.1, -0.05) is 93.4 Å². The highest BCUT2D eigenvalue weighted by Gasteiger charge is 2.39. The third-order valence-electron chi connectivity index (χ3n) is 7.79. The summed E-state index contributed by atoms with van der Waals surface area (Å²) >= 11 is 6.05. The van der Waals surface area contributed by atoms with Crippen molar-refractivity contribution in [1.29, 1.82) is 0 Å². The minimum atomic E-state index is -0.420. The molecule has 0 amide bonds. The molecule has 0 bridgehead atoms. The average Bonchev–Trinajstić information content (AvgIpc) is 2.92. The van der Waals surface area contributed by atoms with Gasteiger partial charge in [0.2, 0.25) is 5.78 Å². The quantitative estimate of drug-likeness (QED) is 0.220. The number of carbonyl (C=O) groups is 3. The average molecular weight is 521 g/mol. The number of benzene rings is 2. The van der Waals surface area contributed by atoms with E-state index < -0.39 is 5.97 Å². The van der Waals surface area contributed by atoms with Crippen LogP contribution in [0.15, 0.2) is 59.9 Å². The number of rotatable bonds is 11. The number of carbonyl (C=O) groups excluding carboxylic acids is 3. The van der Waals surface area contributed by atoms with Crippen molar-refractivity contribution in [3.63, 3.8) is 0 Å². The molecule has 0 heterocycles. The monoisotopic (exact) mass is 520 g/mol. The Bertz CT molecular complexity index is 1140. The van der Waals surface area contributed by atoms with Crippen molar-refractivity contribution in [2.45, 2.75) is 89.9 Å². The number of esters is 1. The summed E-state index contributed by atoms with van der Waals surface area (Å²) in [6.45, 7) is 2.19. The van der Waals surface area contributed by atoms with Crippen LogP contribution in [-0.4, -0.2) is 17.5 Å². The fraction of sp³-hybridized carbons (Fsp3) is 0.469. The van der Waals surface area contributed by atoms with E-state index in [0.717, 1.165) is 50.0 Å². The van der Waals surface area contributed by atoms with Crippen molar-refractivity contribution >= 4 is 29.1 Å². The number of halogens is 1. The summed E-state index contributed by atoms with van der Waals surface area (Å²) in [7, 11) is 0. The molecule has 1 fully saturated rings. The Hall–Kier alpha value is -2.72. The zero-order chi connectivity index (χ0) is 26.2. The summed E-state index contributed by atoms with van der Waals surface area (Å²) in [6, 6.07) is 14.8. The standard InChI is InChI=1S/C32H37ClO4/c1-2-3-4-5-6-7-8-13-28(34)37-32-29(30(35)26-11-9-10-12-27(26)31(32)36)24-16-14-22(15-17-24)23-18-20-25(33)21-19-23/h9-12,18-22,24H,2-8,13-17H2,1H3/t22-,24-. The third-order valence-corrected chi connectivity index (χ3v) is 8.04. The van der Waals surface area contributed by atoms with E-state index in [2.05, 4.69) is 19.1 Å². The summed E-state index contributed by atoms with van der Waals surface area (Å²) in [4.78, 5) is 39.8. The van der Waals surface area contributed by atoms with E-state index in [1.165, 1.54) is 31.2 Å². The van der Waals surface area contributed by atoms with E-state index in [0.29, 0.717) is 22.6 Å². The van der Waals surface area contributed by atoms with Crippen molar-refractivity contribution in [3.8, 4) is 0 Å². The SMILES string of the molecule is CCCCCCCCCC(=O)OC1=C([C@H]2CC[C@H](c3ccc(Cl)cc3)CC2)C(=O)c2ccccc2C1=O. The number of ketones is 2. The molecule has 0 N–H and O–H groups in total. The molecule has 0 unspecified atom stereocenters. The van der Waals surface area contributed by atoms with Crippen LogP contribution in [0.5, 0.6) is 0 Å². The molecule has 1 saturated carbocycles. The largest absolute Gasteiger partial charge is 0.422 e. The summed E-state index contributed by atoms with van der Waals surface area (Å²) < 4.78 is 5.72. The molecule has 0 spiro atoms. The Morgan fingerprint density at radius 2 is 1.35 bits per heavy atom. The number of hydrogen-bond acceptors (Lipinski definition) is 4. The first-order chi connectivity index (χ1) is 18.0.